The smallest absolute Gasteiger partial charge is 0.174 e. The third kappa shape index (κ3) is 1.60. The van der Waals surface area contributed by atoms with Gasteiger partial charge in [0.2, 0.25) is 0 Å². The van der Waals surface area contributed by atoms with Gasteiger partial charge in [-0.05, 0) is 23.2 Å². The second-order valence-corrected chi connectivity index (χ2v) is 5.11. The highest BCUT2D eigenvalue weighted by Gasteiger charge is 2.09. The Morgan fingerprint density at radius 1 is 1.31 bits per heavy atom. The lowest BCUT2D eigenvalue weighted by atomic mass is 10.5. The molecule has 0 aromatic carbocycles. The Balaban J connectivity index is 2.07. The molecule has 0 unspecified atom stereocenters. The van der Waals surface area contributed by atoms with E-state index in [4.69, 9.17) is 0 Å². The van der Waals surface area contributed by atoms with Crippen LogP contribution in [0.4, 0.5) is 0 Å². The monoisotopic (exact) mass is 248 g/mol. The van der Waals surface area contributed by atoms with E-state index in [2.05, 4.69) is 15.0 Å². The van der Waals surface area contributed by atoms with E-state index in [1.54, 1.807) is 35.6 Å². The number of nitrogens with zero attached hydrogens (tertiary/aromatic N) is 4. The summed E-state index contributed by atoms with van der Waals surface area (Å²) < 4.78 is 3.10. The number of aromatic nitrogens is 4. The van der Waals surface area contributed by atoms with E-state index in [0.717, 1.165) is 20.4 Å². The molecule has 0 N–H and O–H groups in total. The third-order valence-electron chi connectivity index (χ3n) is 2.18. The Morgan fingerprint density at radius 3 is 3.06 bits per heavy atom. The van der Waals surface area contributed by atoms with Gasteiger partial charge in [-0.25, -0.2) is 15.0 Å². The molecule has 0 aliphatic rings. The molecule has 6 heteroatoms. The van der Waals surface area contributed by atoms with Crippen molar-refractivity contribution < 1.29 is 0 Å². The lowest BCUT2D eigenvalue weighted by Gasteiger charge is -2.01. The Labute approximate surface area is 100 Å². The summed E-state index contributed by atoms with van der Waals surface area (Å²) in [5.74, 6) is 0. The van der Waals surface area contributed by atoms with Crippen molar-refractivity contribution in [1.82, 2.24) is 19.5 Å². The maximum Gasteiger partial charge on any atom is 0.174 e. The molecule has 0 aliphatic heterocycles. The topological polar surface area (TPSA) is 43.6 Å². The molecule has 0 spiro atoms. The van der Waals surface area contributed by atoms with Crippen molar-refractivity contribution in [3.63, 3.8) is 0 Å². The van der Waals surface area contributed by atoms with E-state index in [-0.39, 0.29) is 0 Å². The van der Waals surface area contributed by atoms with Crippen LogP contribution in [0.2, 0.25) is 0 Å². The Hall–Kier alpha value is -1.40. The zero-order chi connectivity index (χ0) is 11.0. The van der Waals surface area contributed by atoms with Crippen molar-refractivity contribution in [3.8, 4) is 0 Å². The van der Waals surface area contributed by atoms with E-state index in [1.165, 1.54) is 0 Å². The fourth-order valence-corrected chi connectivity index (χ4v) is 3.16. The van der Waals surface area contributed by atoms with Crippen LogP contribution in [0.1, 0.15) is 0 Å². The summed E-state index contributed by atoms with van der Waals surface area (Å²) in [6.07, 6.45) is 5.31. The van der Waals surface area contributed by atoms with Gasteiger partial charge in [0.25, 0.3) is 0 Å². The molecule has 3 aromatic heterocycles. The fourth-order valence-electron chi connectivity index (χ4n) is 1.38. The number of hydrogen-bond donors (Lipinski definition) is 0. The molecule has 3 aromatic rings. The molecule has 0 saturated heterocycles. The van der Waals surface area contributed by atoms with Crippen LogP contribution >= 0.6 is 23.1 Å². The number of thiophene rings is 1. The largest absolute Gasteiger partial charge is 0.329 e. The third-order valence-corrected chi connectivity index (χ3v) is 4.29. The van der Waals surface area contributed by atoms with E-state index < -0.39 is 0 Å². The van der Waals surface area contributed by atoms with Crippen LogP contribution < -0.4 is 0 Å². The first-order chi connectivity index (χ1) is 7.84. The van der Waals surface area contributed by atoms with Crippen molar-refractivity contribution in [1.29, 1.82) is 0 Å². The van der Waals surface area contributed by atoms with Gasteiger partial charge in [0.05, 0.1) is 10.2 Å². The lowest BCUT2D eigenvalue weighted by Crippen LogP contribution is -1.90. The van der Waals surface area contributed by atoms with Crippen molar-refractivity contribution in [2.24, 2.45) is 7.05 Å². The summed E-state index contributed by atoms with van der Waals surface area (Å²) in [7, 11) is 1.97. The van der Waals surface area contributed by atoms with E-state index in [9.17, 15) is 0 Å². The molecule has 16 heavy (non-hydrogen) atoms. The fraction of sp³-hybridized carbons (Fsp3) is 0.100. The lowest BCUT2D eigenvalue weighted by molar-refractivity contribution is 0.789. The maximum atomic E-state index is 4.30. The van der Waals surface area contributed by atoms with Crippen LogP contribution in [0.15, 0.2) is 40.3 Å². The zero-order valence-electron chi connectivity index (χ0n) is 8.49. The minimum atomic E-state index is 0.938. The second-order valence-electron chi connectivity index (χ2n) is 3.24. The molecule has 4 nitrogen and oxygen atoms in total. The summed E-state index contributed by atoms with van der Waals surface area (Å²) in [6.45, 7) is 0. The zero-order valence-corrected chi connectivity index (χ0v) is 10.1. The molecule has 0 saturated carbocycles. The quantitative estimate of drug-likeness (QED) is 0.654. The average Bonchev–Trinajstić information content (AvgIpc) is 2.89. The molecule has 0 aliphatic carbocycles. The molecule has 80 valence electrons. The highest BCUT2D eigenvalue weighted by molar-refractivity contribution is 7.99. The van der Waals surface area contributed by atoms with Gasteiger partial charge in [0.15, 0.2) is 5.16 Å². The van der Waals surface area contributed by atoms with Crippen molar-refractivity contribution in [2.45, 2.75) is 10.2 Å². The maximum absolute atomic E-state index is 4.30. The van der Waals surface area contributed by atoms with Gasteiger partial charge in [-0.2, -0.15) is 0 Å². The summed E-state index contributed by atoms with van der Waals surface area (Å²) >= 11 is 3.22. The van der Waals surface area contributed by atoms with E-state index >= 15 is 0 Å². The molecule has 0 atom stereocenters. The number of rotatable bonds is 2. The van der Waals surface area contributed by atoms with Crippen molar-refractivity contribution >= 4 is 33.3 Å². The minimum Gasteiger partial charge on any atom is -0.329 e. The Morgan fingerprint density at radius 2 is 2.25 bits per heavy atom. The van der Waals surface area contributed by atoms with Gasteiger partial charge in [0, 0.05) is 19.4 Å². The van der Waals surface area contributed by atoms with Crippen LogP contribution in [0.5, 0.6) is 0 Å². The summed E-state index contributed by atoms with van der Waals surface area (Å²) in [5, 5.41) is 3.93. The van der Waals surface area contributed by atoms with Gasteiger partial charge < -0.3 is 4.57 Å². The molecule has 0 radical (unpaired) electrons. The summed E-state index contributed by atoms with van der Waals surface area (Å²) in [6, 6.07) is 2.00. The molecule has 3 rings (SSSR count). The Bertz CT molecular complexity index is 628. The molecule has 0 amide bonds. The van der Waals surface area contributed by atoms with Crippen LogP contribution in [-0.4, -0.2) is 19.5 Å². The summed E-state index contributed by atoms with van der Waals surface area (Å²) in [5.41, 5.74) is 0.997. The van der Waals surface area contributed by atoms with Crippen LogP contribution in [0, 0.1) is 0 Å². The SMILES string of the molecule is Cn1ccnc1Sc1ncnc2ccsc12. The van der Waals surface area contributed by atoms with E-state index in [0.29, 0.717) is 0 Å². The Kier molecular flexibility index (Phi) is 2.37. The van der Waals surface area contributed by atoms with Gasteiger partial charge in [0.1, 0.15) is 11.4 Å². The summed E-state index contributed by atoms with van der Waals surface area (Å²) in [4.78, 5) is 12.8. The molecule has 3 heterocycles. The predicted molar refractivity (Wildman–Crippen MR) is 64.7 cm³/mol. The first-order valence-electron chi connectivity index (χ1n) is 4.68. The average molecular weight is 248 g/mol. The van der Waals surface area contributed by atoms with Crippen LogP contribution in [-0.2, 0) is 7.05 Å². The van der Waals surface area contributed by atoms with Gasteiger partial charge in [-0.15, -0.1) is 11.3 Å². The normalized spacial score (nSPS) is 11.1. The first-order valence-corrected chi connectivity index (χ1v) is 6.37. The number of hydrogen-bond acceptors (Lipinski definition) is 5. The van der Waals surface area contributed by atoms with Gasteiger partial charge in [-0.1, -0.05) is 0 Å². The predicted octanol–water partition coefficient (Wildman–Crippen LogP) is 2.58. The van der Waals surface area contributed by atoms with Crippen molar-refractivity contribution in [2.75, 3.05) is 0 Å². The molecular weight excluding hydrogens is 240 g/mol. The molecular formula is C10H8N4S2. The number of aryl methyl sites for hydroxylation is 1. The first kappa shape index (κ1) is 9.80. The standard InChI is InChI=1S/C10H8N4S2/c1-14-4-3-11-10(14)16-9-8-7(2-5-15-8)12-6-13-9/h2-6H,1H3. The van der Waals surface area contributed by atoms with Gasteiger partial charge in [-0.3, -0.25) is 0 Å². The minimum absolute atomic E-state index is 0.938. The van der Waals surface area contributed by atoms with E-state index in [1.807, 2.05) is 29.3 Å². The van der Waals surface area contributed by atoms with Crippen LogP contribution in [0.3, 0.4) is 0 Å². The molecule has 0 fully saturated rings. The van der Waals surface area contributed by atoms with Gasteiger partial charge >= 0.3 is 0 Å². The number of imidazole rings is 1. The number of fused-ring (bicyclic) bond motifs is 1. The highest BCUT2D eigenvalue weighted by Crippen LogP contribution is 2.32. The van der Waals surface area contributed by atoms with Crippen LogP contribution in [0.25, 0.3) is 10.2 Å². The second kappa shape index (κ2) is 3.88. The van der Waals surface area contributed by atoms with Crippen molar-refractivity contribution in [3.05, 3.63) is 30.2 Å². The highest BCUT2D eigenvalue weighted by atomic mass is 32.2. The molecule has 0 bridgehead atoms.